The molecule has 0 bridgehead atoms. The first-order valence-electron chi connectivity index (χ1n) is 5.81. The van der Waals surface area contributed by atoms with E-state index in [0.29, 0.717) is 0 Å². The van der Waals surface area contributed by atoms with Crippen LogP contribution >= 0.6 is 15.9 Å². The van der Waals surface area contributed by atoms with E-state index in [9.17, 15) is 5.11 Å². The maximum atomic E-state index is 11.3. The molecule has 0 aliphatic rings. The molecule has 0 fully saturated rings. The molecule has 3 nitrogen and oxygen atoms in total. The number of anilines is 2. The highest BCUT2D eigenvalue weighted by Crippen LogP contribution is 2.28. The van der Waals surface area contributed by atoms with Crippen LogP contribution in [0.25, 0.3) is 10.9 Å². The zero-order chi connectivity index (χ0) is 13.2. The lowest BCUT2D eigenvalue weighted by molar-refractivity contribution is -0.268. The molecule has 19 heavy (non-hydrogen) atoms. The Morgan fingerprint density at radius 1 is 1.05 bits per heavy atom. The number of rotatable bonds is 2. The maximum absolute atomic E-state index is 11.3. The third-order valence-electron chi connectivity index (χ3n) is 2.82. The molecule has 3 aromatic rings. The van der Waals surface area contributed by atoms with Crippen molar-refractivity contribution in [3.8, 4) is 5.75 Å². The Morgan fingerprint density at radius 3 is 2.79 bits per heavy atom. The van der Waals surface area contributed by atoms with Crippen molar-refractivity contribution >= 4 is 38.2 Å². The Bertz CT molecular complexity index is 743. The molecule has 0 radical (unpaired) electrons. The molecule has 0 atom stereocenters. The third kappa shape index (κ3) is 2.53. The van der Waals surface area contributed by atoms with Gasteiger partial charge in [0, 0.05) is 27.4 Å². The third-order valence-corrected chi connectivity index (χ3v) is 3.31. The van der Waals surface area contributed by atoms with E-state index in [4.69, 9.17) is 0 Å². The summed E-state index contributed by atoms with van der Waals surface area (Å²) in [5, 5.41) is 15.6. The van der Waals surface area contributed by atoms with Crippen LogP contribution in [0.4, 0.5) is 11.4 Å². The fourth-order valence-corrected chi connectivity index (χ4v) is 2.32. The molecule has 3 rings (SSSR count). The lowest BCUT2D eigenvalue weighted by Gasteiger charge is -2.12. The largest absolute Gasteiger partial charge is 0.872 e. The van der Waals surface area contributed by atoms with Crippen LogP contribution < -0.4 is 10.4 Å². The van der Waals surface area contributed by atoms with Crippen LogP contribution in [-0.2, 0) is 0 Å². The summed E-state index contributed by atoms with van der Waals surface area (Å²) in [6.45, 7) is 0. The van der Waals surface area contributed by atoms with Gasteiger partial charge in [-0.05, 0) is 36.4 Å². The molecule has 0 spiro atoms. The van der Waals surface area contributed by atoms with Crippen LogP contribution in [-0.4, -0.2) is 4.98 Å². The summed E-state index contributed by atoms with van der Waals surface area (Å²) in [4.78, 5) is 4.32. The predicted octanol–water partition coefficient (Wildman–Crippen LogP) is 3.81. The summed E-state index contributed by atoms with van der Waals surface area (Å²) in [6.07, 6.45) is 1.75. The second kappa shape index (κ2) is 4.90. The summed E-state index contributed by atoms with van der Waals surface area (Å²) in [5.74, 6) is -0.00968. The van der Waals surface area contributed by atoms with Crippen molar-refractivity contribution in [1.29, 1.82) is 0 Å². The van der Waals surface area contributed by atoms with Crippen LogP contribution in [0, 0.1) is 0 Å². The summed E-state index contributed by atoms with van der Waals surface area (Å²) < 4.78 is 0.994. The highest BCUT2D eigenvalue weighted by atomic mass is 79.9. The van der Waals surface area contributed by atoms with Gasteiger partial charge in [-0.2, -0.15) is 0 Å². The number of hydrogen-bond acceptors (Lipinski definition) is 3. The number of hydrogen-bond donors (Lipinski definition) is 1. The van der Waals surface area contributed by atoms with Crippen LogP contribution in [0.15, 0.2) is 59.2 Å². The molecular formula is C15H10BrN2O-. The lowest BCUT2D eigenvalue weighted by atomic mass is 10.2. The van der Waals surface area contributed by atoms with E-state index in [1.165, 1.54) is 6.07 Å². The number of halogens is 1. The fraction of sp³-hybridized carbons (Fsp3) is 0. The second-order valence-electron chi connectivity index (χ2n) is 4.17. The van der Waals surface area contributed by atoms with Gasteiger partial charge in [0.15, 0.2) is 0 Å². The molecule has 0 saturated heterocycles. The molecule has 0 aliphatic carbocycles. The first kappa shape index (κ1) is 12.0. The minimum Gasteiger partial charge on any atom is -0.872 e. The van der Waals surface area contributed by atoms with E-state index in [1.807, 2.05) is 30.3 Å². The monoisotopic (exact) mass is 313 g/mol. The zero-order valence-electron chi connectivity index (χ0n) is 9.93. The minimum absolute atomic E-state index is 0.00968. The fourth-order valence-electron chi connectivity index (χ4n) is 1.96. The first-order chi connectivity index (χ1) is 9.22. The minimum atomic E-state index is -0.00968. The molecule has 2 aromatic carbocycles. The first-order valence-corrected chi connectivity index (χ1v) is 6.60. The van der Waals surface area contributed by atoms with E-state index in [2.05, 4.69) is 26.2 Å². The van der Waals surface area contributed by atoms with Crippen LogP contribution in [0.2, 0.25) is 0 Å². The molecule has 0 unspecified atom stereocenters. The normalized spacial score (nSPS) is 10.6. The number of aromatic nitrogens is 1. The SMILES string of the molecule is [O-]c1cccc(Nc2ccnc3ccc(Br)cc23)c1. The summed E-state index contributed by atoms with van der Waals surface area (Å²) in [5.41, 5.74) is 2.61. The van der Waals surface area contributed by atoms with Crippen molar-refractivity contribution < 1.29 is 5.11 Å². The molecule has 1 aromatic heterocycles. The summed E-state index contributed by atoms with van der Waals surface area (Å²) in [7, 11) is 0. The van der Waals surface area contributed by atoms with E-state index in [-0.39, 0.29) is 5.75 Å². The average Bonchev–Trinajstić information content (AvgIpc) is 2.39. The molecule has 0 saturated carbocycles. The van der Waals surface area contributed by atoms with Gasteiger partial charge >= 0.3 is 0 Å². The number of benzene rings is 2. The van der Waals surface area contributed by atoms with Crippen molar-refractivity contribution in [2.24, 2.45) is 0 Å². The van der Waals surface area contributed by atoms with Gasteiger partial charge in [0.1, 0.15) is 0 Å². The summed E-state index contributed by atoms with van der Waals surface area (Å²) >= 11 is 3.46. The van der Waals surface area contributed by atoms with E-state index < -0.39 is 0 Å². The van der Waals surface area contributed by atoms with Gasteiger partial charge in [0.25, 0.3) is 0 Å². The van der Waals surface area contributed by atoms with Crippen LogP contribution in [0.1, 0.15) is 0 Å². The highest BCUT2D eigenvalue weighted by Gasteiger charge is 2.02. The quantitative estimate of drug-likeness (QED) is 0.782. The highest BCUT2D eigenvalue weighted by molar-refractivity contribution is 9.10. The Labute approximate surface area is 119 Å². The van der Waals surface area contributed by atoms with Gasteiger partial charge in [-0.1, -0.05) is 28.1 Å². The smallest absolute Gasteiger partial charge is 0.0723 e. The van der Waals surface area contributed by atoms with Crippen molar-refractivity contribution in [3.05, 3.63) is 59.2 Å². The number of fused-ring (bicyclic) bond motifs is 1. The van der Waals surface area contributed by atoms with Crippen LogP contribution in [0.3, 0.4) is 0 Å². The molecule has 1 heterocycles. The molecule has 4 heteroatoms. The standard InChI is InChI=1S/C15H11BrN2O/c16-10-4-5-14-13(8-10)15(6-7-17-14)18-11-2-1-3-12(19)9-11/h1-9,19H,(H,17,18)/p-1. The van der Waals surface area contributed by atoms with Crippen molar-refractivity contribution in [3.63, 3.8) is 0 Å². The van der Waals surface area contributed by atoms with Gasteiger partial charge in [0.05, 0.1) is 5.52 Å². The van der Waals surface area contributed by atoms with E-state index in [0.717, 1.165) is 26.8 Å². The summed E-state index contributed by atoms with van der Waals surface area (Å²) in [6, 6.07) is 14.5. The molecule has 0 amide bonds. The second-order valence-corrected chi connectivity index (χ2v) is 5.09. The van der Waals surface area contributed by atoms with Gasteiger partial charge in [-0.25, -0.2) is 0 Å². The number of nitrogens with one attached hydrogen (secondary N) is 1. The molecule has 1 N–H and O–H groups in total. The molecule has 94 valence electrons. The average molecular weight is 314 g/mol. The van der Waals surface area contributed by atoms with E-state index >= 15 is 0 Å². The van der Waals surface area contributed by atoms with Gasteiger partial charge in [0.2, 0.25) is 0 Å². The number of pyridine rings is 1. The van der Waals surface area contributed by atoms with Crippen molar-refractivity contribution in [1.82, 2.24) is 4.98 Å². The number of nitrogens with zero attached hydrogens (tertiary/aromatic N) is 1. The topological polar surface area (TPSA) is 48.0 Å². The molecular weight excluding hydrogens is 304 g/mol. The Kier molecular flexibility index (Phi) is 3.09. The van der Waals surface area contributed by atoms with Crippen molar-refractivity contribution in [2.75, 3.05) is 5.32 Å². The van der Waals surface area contributed by atoms with Gasteiger partial charge in [-0.3, -0.25) is 4.98 Å². The van der Waals surface area contributed by atoms with Gasteiger partial charge in [-0.15, -0.1) is 5.75 Å². The Balaban J connectivity index is 2.07. The van der Waals surface area contributed by atoms with Crippen LogP contribution in [0.5, 0.6) is 5.75 Å². The van der Waals surface area contributed by atoms with Gasteiger partial charge < -0.3 is 10.4 Å². The maximum Gasteiger partial charge on any atom is 0.0723 e. The Morgan fingerprint density at radius 2 is 1.95 bits per heavy atom. The predicted molar refractivity (Wildman–Crippen MR) is 78.6 cm³/mol. The van der Waals surface area contributed by atoms with E-state index in [1.54, 1.807) is 18.3 Å². The Hall–Kier alpha value is -2.07. The lowest BCUT2D eigenvalue weighted by Crippen LogP contribution is -1.95. The van der Waals surface area contributed by atoms with Crippen molar-refractivity contribution in [2.45, 2.75) is 0 Å². The molecule has 0 aliphatic heterocycles. The zero-order valence-corrected chi connectivity index (χ0v) is 11.5.